The number of carbonyl (C=O) groups is 2. The number of hydrogen-bond donors (Lipinski definition) is 1. The van der Waals surface area contributed by atoms with Crippen molar-refractivity contribution in [3.05, 3.63) is 89.4 Å². The van der Waals surface area contributed by atoms with Crippen molar-refractivity contribution in [2.45, 2.75) is 25.4 Å². The number of methoxy groups -OCH3 is 1. The van der Waals surface area contributed by atoms with Gasteiger partial charge < -0.3 is 19.9 Å². The van der Waals surface area contributed by atoms with Crippen LogP contribution >= 0.6 is 23.8 Å². The first-order chi connectivity index (χ1) is 20.4. The van der Waals surface area contributed by atoms with E-state index in [0.29, 0.717) is 33.8 Å². The van der Waals surface area contributed by atoms with Gasteiger partial charge in [0.15, 0.2) is 5.11 Å². The number of benzene rings is 3. The van der Waals surface area contributed by atoms with Crippen LogP contribution in [0.4, 0.5) is 11.4 Å². The molecule has 220 valence electrons. The molecule has 2 fully saturated rings. The number of anilines is 2. The number of nitrogens with zero attached hydrogens (tertiary/aromatic N) is 4. The highest BCUT2D eigenvalue weighted by Crippen LogP contribution is 2.30. The Morgan fingerprint density at radius 1 is 0.952 bits per heavy atom. The average Bonchev–Trinajstić information content (AvgIpc) is 3.23. The van der Waals surface area contributed by atoms with Gasteiger partial charge in [0.05, 0.1) is 19.2 Å². The van der Waals surface area contributed by atoms with E-state index in [4.69, 9.17) is 28.6 Å². The molecule has 0 bridgehead atoms. The second-order valence-electron chi connectivity index (χ2n) is 10.6. The summed E-state index contributed by atoms with van der Waals surface area (Å²) in [6.07, 6.45) is 0.813. The number of rotatable bonds is 11. The normalized spacial score (nSPS) is 18.0. The van der Waals surface area contributed by atoms with E-state index >= 15 is 0 Å². The molecule has 0 saturated carbocycles. The molecule has 2 saturated heterocycles. The molecule has 3 aromatic rings. The predicted molar refractivity (Wildman–Crippen MR) is 171 cm³/mol. The van der Waals surface area contributed by atoms with Crippen LogP contribution in [-0.4, -0.2) is 84.0 Å². The molecule has 8 nitrogen and oxygen atoms in total. The van der Waals surface area contributed by atoms with E-state index < -0.39 is 6.04 Å². The standard InChI is InChI=1S/C32H36ClN5O3S/c1-41-28-10-5-9-27(21-28)38-31(40)29(22-30(39)34-26-13-11-25(33)12-14-26)37(32(38)42)16-6-15-35-17-19-36(20-18-35)23-24-7-3-2-4-8-24/h2-5,7-14,21,29H,6,15-20,22-23H2,1H3,(H,34,39). The Morgan fingerprint density at radius 3 is 2.38 bits per heavy atom. The molecular weight excluding hydrogens is 570 g/mol. The van der Waals surface area contributed by atoms with Gasteiger partial charge in [-0.25, -0.2) is 0 Å². The third kappa shape index (κ3) is 7.46. The lowest BCUT2D eigenvalue weighted by atomic mass is 10.1. The quantitative estimate of drug-likeness (QED) is 0.312. The first-order valence-corrected chi connectivity index (χ1v) is 15.0. The monoisotopic (exact) mass is 605 g/mol. The van der Waals surface area contributed by atoms with E-state index in [0.717, 1.165) is 45.7 Å². The number of thiocarbonyl (C=S) groups is 1. The maximum atomic E-state index is 13.8. The highest BCUT2D eigenvalue weighted by atomic mass is 35.5. The van der Waals surface area contributed by atoms with Crippen LogP contribution in [0.15, 0.2) is 78.9 Å². The molecule has 3 aromatic carbocycles. The van der Waals surface area contributed by atoms with Gasteiger partial charge in [-0.1, -0.05) is 48.0 Å². The number of piperazine rings is 1. The Hall–Kier alpha value is -3.50. The Balaban J connectivity index is 1.21. The Kier molecular flexibility index (Phi) is 10.1. The van der Waals surface area contributed by atoms with Gasteiger partial charge in [0, 0.05) is 56.0 Å². The fourth-order valence-electron chi connectivity index (χ4n) is 5.47. The molecule has 5 rings (SSSR count). The van der Waals surface area contributed by atoms with Crippen molar-refractivity contribution in [1.29, 1.82) is 0 Å². The molecule has 0 aliphatic carbocycles. The molecule has 0 radical (unpaired) electrons. The molecule has 10 heteroatoms. The molecule has 1 N–H and O–H groups in total. The molecule has 0 aromatic heterocycles. The molecule has 2 aliphatic rings. The van der Waals surface area contributed by atoms with E-state index in [1.807, 2.05) is 29.2 Å². The van der Waals surface area contributed by atoms with Crippen LogP contribution < -0.4 is 15.0 Å². The van der Waals surface area contributed by atoms with Gasteiger partial charge in [0.2, 0.25) is 5.91 Å². The number of hydrogen-bond acceptors (Lipinski definition) is 6. The van der Waals surface area contributed by atoms with Gasteiger partial charge in [0.25, 0.3) is 5.91 Å². The summed E-state index contributed by atoms with van der Waals surface area (Å²) in [5.41, 5.74) is 2.59. The fourth-order valence-corrected chi connectivity index (χ4v) is 6.01. The summed E-state index contributed by atoms with van der Waals surface area (Å²) in [5, 5.41) is 3.88. The van der Waals surface area contributed by atoms with Gasteiger partial charge in [-0.2, -0.15) is 0 Å². The second-order valence-corrected chi connectivity index (χ2v) is 11.4. The Labute approximate surface area is 257 Å². The van der Waals surface area contributed by atoms with Crippen LogP contribution in [0.3, 0.4) is 0 Å². The number of halogens is 1. The van der Waals surface area contributed by atoms with Crippen LogP contribution in [0, 0.1) is 0 Å². The maximum Gasteiger partial charge on any atom is 0.256 e. The zero-order valence-electron chi connectivity index (χ0n) is 23.7. The zero-order chi connectivity index (χ0) is 29.5. The predicted octanol–water partition coefficient (Wildman–Crippen LogP) is 4.89. The van der Waals surface area contributed by atoms with Crippen molar-refractivity contribution >= 4 is 52.1 Å². The fraction of sp³-hybridized carbons (Fsp3) is 0.344. The Bertz CT molecular complexity index is 1380. The summed E-state index contributed by atoms with van der Waals surface area (Å²) in [7, 11) is 1.58. The summed E-state index contributed by atoms with van der Waals surface area (Å²) in [6, 6.07) is 24.0. The van der Waals surface area contributed by atoms with Gasteiger partial charge in [0.1, 0.15) is 11.8 Å². The maximum absolute atomic E-state index is 13.8. The van der Waals surface area contributed by atoms with Crippen molar-refractivity contribution < 1.29 is 14.3 Å². The summed E-state index contributed by atoms with van der Waals surface area (Å²) in [5.74, 6) is 0.157. The van der Waals surface area contributed by atoms with E-state index in [1.165, 1.54) is 10.5 Å². The SMILES string of the molecule is COc1cccc(N2C(=O)C(CC(=O)Nc3ccc(Cl)cc3)N(CCCN3CCN(Cc4ccccc4)CC3)C2=S)c1. The van der Waals surface area contributed by atoms with Crippen LogP contribution in [-0.2, 0) is 16.1 Å². The van der Waals surface area contributed by atoms with Crippen LogP contribution in [0.25, 0.3) is 0 Å². The number of carbonyl (C=O) groups excluding carboxylic acids is 2. The minimum Gasteiger partial charge on any atom is -0.497 e. The van der Waals surface area contributed by atoms with Gasteiger partial charge in [-0.05, 0) is 67.1 Å². The van der Waals surface area contributed by atoms with Crippen molar-refractivity contribution in [3.63, 3.8) is 0 Å². The highest BCUT2D eigenvalue weighted by molar-refractivity contribution is 7.80. The molecule has 2 heterocycles. The van der Waals surface area contributed by atoms with Crippen LogP contribution in [0.2, 0.25) is 5.02 Å². The smallest absolute Gasteiger partial charge is 0.256 e. The number of amides is 2. The van der Waals surface area contributed by atoms with Crippen molar-refractivity contribution in [3.8, 4) is 5.75 Å². The van der Waals surface area contributed by atoms with Gasteiger partial charge >= 0.3 is 0 Å². The number of ether oxygens (including phenoxy) is 1. The lowest BCUT2D eigenvalue weighted by molar-refractivity contribution is -0.124. The number of nitrogens with one attached hydrogen (secondary N) is 1. The van der Waals surface area contributed by atoms with E-state index in [2.05, 4.69) is 39.4 Å². The summed E-state index contributed by atoms with van der Waals surface area (Å²) in [6.45, 7) is 6.49. The molecule has 0 spiro atoms. The summed E-state index contributed by atoms with van der Waals surface area (Å²) in [4.78, 5) is 35.2. The topological polar surface area (TPSA) is 68.4 Å². The first kappa shape index (κ1) is 30.0. The lowest BCUT2D eigenvalue weighted by Crippen LogP contribution is -2.47. The molecule has 2 aliphatic heterocycles. The summed E-state index contributed by atoms with van der Waals surface area (Å²) >= 11 is 11.8. The minimum atomic E-state index is -0.696. The highest BCUT2D eigenvalue weighted by Gasteiger charge is 2.44. The van der Waals surface area contributed by atoms with Crippen molar-refractivity contribution in [2.24, 2.45) is 0 Å². The van der Waals surface area contributed by atoms with Crippen LogP contribution in [0.5, 0.6) is 5.75 Å². The largest absolute Gasteiger partial charge is 0.497 e. The molecule has 1 unspecified atom stereocenters. The Morgan fingerprint density at radius 2 is 1.67 bits per heavy atom. The average molecular weight is 606 g/mol. The molecular formula is C32H36ClN5O3S. The molecule has 2 amide bonds. The third-order valence-electron chi connectivity index (χ3n) is 7.72. The molecule has 42 heavy (non-hydrogen) atoms. The van der Waals surface area contributed by atoms with Crippen molar-refractivity contribution in [1.82, 2.24) is 14.7 Å². The second kappa shape index (κ2) is 14.1. The molecule has 1 atom stereocenters. The van der Waals surface area contributed by atoms with Gasteiger partial charge in [-0.3, -0.25) is 19.4 Å². The van der Waals surface area contributed by atoms with E-state index in [1.54, 1.807) is 37.4 Å². The van der Waals surface area contributed by atoms with E-state index in [9.17, 15) is 9.59 Å². The van der Waals surface area contributed by atoms with Crippen LogP contribution in [0.1, 0.15) is 18.4 Å². The van der Waals surface area contributed by atoms with Gasteiger partial charge in [-0.15, -0.1) is 0 Å². The first-order valence-electron chi connectivity index (χ1n) is 14.2. The van der Waals surface area contributed by atoms with E-state index in [-0.39, 0.29) is 18.2 Å². The van der Waals surface area contributed by atoms with Crippen molar-refractivity contribution in [2.75, 3.05) is 56.6 Å². The summed E-state index contributed by atoms with van der Waals surface area (Å²) < 4.78 is 5.37. The minimum absolute atomic E-state index is 0.0137. The third-order valence-corrected chi connectivity index (χ3v) is 8.39. The lowest BCUT2D eigenvalue weighted by Gasteiger charge is -2.35. The zero-order valence-corrected chi connectivity index (χ0v) is 25.3.